The normalized spacial score (nSPS) is 35.9. The third-order valence-electron chi connectivity index (χ3n) is 9.09. The second kappa shape index (κ2) is 7.85. The molecule has 4 fully saturated rings. The van der Waals surface area contributed by atoms with E-state index in [2.05, 4.69) is 65.2 Å². The fourth-order valence-corrected chi connectivity index (χ4v) is 6.61. The summed E-state index contributed by atoms with van der Waals surface area (Å²) < 4.78 is 0. The fourth-order valence-electron chi connectivity index (χ4n) is 6.61. The van der Waals surface area contributed by atoms with Crippen molar-refractivity contribution in [3.05, 3.63) is 35.9 Å². The highest BCUT2D eigenvalue weighted by atomic mass is 16.3. The molecular formula is C26H38N4O. The Morgan fingerprint density at radius 1 is 1.06 bits per heavy atom. The summed E-state index contributed by atoms with van der Waals surface area (Å²) >= 11 is 0. The highest BCUT2D eigenvalue weighted by molar-refractivity contribution is 5.27. The van der Waals surface area contributed by atoms with E-state index in [1.165, 1.54) is 18.4 Å². The van der Waals surface area contributed by atoms with Gasteiger partial charge in [-0.1, -0.05) is 36.8 Å². The summed E-state index contributed by atoms with van der Waals surface area (Å²) in [5.74, 6) is 0.745. The maximum Gasteiger partial charge on any atom is 0.166 e. The van der Waals surface area contributed by atoms with Crippen LogP contribution in [0.5, 0.6) is 0 Å². The molecule has 0 amide bonds. The first-order valence-electron chi connectivity index (χ1n) is 12.3. The fraction of sp³-hybridized carbons (Fsp3) is 0.731. The van der Waals surface area contributed by atoms with Crippen LogP contribution in [0.2, 0.25) is 0 Å². The van der Waals surface area contributed by atoms with Crippen molar-refractivity contribution in [3.63, 3.8) is 0 Å². The molecule has 3 aliphatic carbocycles. The van der Waals surface area contributed by atoms with Crippen molar-refractivity contribution in [2.45, 2.75) is 75.2 Å². The maximum atomic E-state index is 11.4. The van der Waals surface area contributed by atoms with Gasteiger partial charge in [-0.3, -0.25) is 14.7 Å². The van der Waals surface area contributed by atoms with Crippen LogP contribution >= 0.6 is 0 Å². The van der Waals surface area contributed by atoms with E-state index in [0.29, 0.717) is 0 Å². The van der Waals surface area contributed by atoms with Crippen molar-refractivity contribution in [2.75, 3.05) is 33.7 Å². The quantitative estimate of drug-likeness (QED) is 0.757. The van der Waals surface area contributed by atoms with Gasteiger partial charge in [0, 0.05) is 30.7 Å². The minimum atomic E-state index is -0.532. The van der Waals surface area contributed by atoms with Crippen LogP contribution in [-0.2, 0) is 5.54 Å². The zero-order valence-corrected chi connectivity index (χ0v) is 19.3. The van der Waals surface area contributed by atoms with Crippen molar-refractivity contribution in [1.82, 2.24) is 14.7 Å². The number of hydrogen-bond donors (Lipinski definition) is 1. The number of benzene rings is 1. The van der Waals surface area contributed by atoms with Gasteiger partial charge in [0.15, 0.2) is 6.35 Å². The molecule has 3 saturated carbocycles. The number of aliphatic hydroxyl groups excluding tert-OH is 1. The van der Waals surface area contributed by atoms with E-state index in [4.69, 9.17) is 0 Å². The van der Waals surface area contributed by atoms with Gasteiger partial charge in [-0.05, 0) is 76.9 Å². The van der Waals surface area contributed by atoms with E-state index < -0.39 is 6.35 Å². The number of nitrogens with zero attached hydrogens (tertiary/aromatic N) is 4. The van der Waals surface area contributed by atoms with Crippen LogP contribution in [0.25, 0.3) is 0 Å². The summed E-state index contributed by atoms with van der Waals surface area (Å²) in [6.07, 6.45) is 9.59. The highest BCUT2D eigenvalue weighted by Crippen LogP contribution is 2.51. The molecule has 1 aromatic carbocycles. The molecule has 0 aromatic heterocycles. The third kappa shape index (κ3) is 3.62. The molecule has 168 valence electrons. The van der Waals surface area contributed by atoms with Crippen molar-refractivity contribution in [2.24, 2.45) is 11.3 Å². The van der Waals surface area contributed by atoms with Gasteiger partial charge in [0.1, 0.15) is 0 Å². The first-order chi connectivity index (χ1) is 14.9. The van der Waals surface area contributed by atoms with Gasteiger partial charge < -0.3 is 5.11 Å². The summed E-state index contributed by atoms with van der Waals surface area (Å²) in [5.41, 5.74) is 1.29. The average molecular weight is 423 g/mol. The molecule has 1 unspecified atom stereocenters. The summed E-state index contributed by atoms with van der Waals surface area (Å²) in [5, 5.41) is 21.2. The van der Waals surface area contributed by atoms with E-state index >= 15 is 0 Å². The van der Waals surface area contributed by atoms with Gasteiger partial charge in [0.25, 0.3) is 0 Å². The molecule has 0 bridgehead atoms. The zero-order chi connectivity index (χ0) is 21.7. The Hall–Kier alpha value is -1.45. The minimum absolute atomic E-state index is 0.0384. The lowest BCUT2D eigenvalue weighted by Crippen LogP contribution is -2.56. The molecule has 5 rings (SSSR count). The van der Waals surface area contributed by atoms with Crippen LogP contribution in [-0.4, -0.2) is 65.4 Å². The lowest BCUT2D eigenvalue weighted by Gasteiger charge is -2.51. The summed E-state index contributed by atoms with van der Waals surface area (Å²) in [7, 11) is 4.44. The highest BCUT2D eigenvalue weighted by Gasteiger charge is 2.56. The van der Waals surface area contributed by atoms with Crippen molar-refractivity contribution in [3.8, 4) is 6.07 Å². The van der Waals surface area contributed by atoms with Crippen molar-refractivity contribution >= 4 is 0 Å². The number of hydrogen-bond acceptors (Lipinski definition) is 5. The van der Waals surface area contributed by atoms with Crippen LogP contribution in [0, 0.1) is 22.7 Å². The molecule has 5 heteroatoms. The Labute approximate surface area is 187 Å². The van der Waals surface area contributed by atoms with Crippen molar-refractivity contribution < 1.29 is 5.11 Å². The van der Waals surface area contributed by atoms with E-state index in [1.54, 1.807) is 0 Å². The monoisotopic (exact) mass is 422 g/mol. The minimum Gasteiger partial charge on any atom is -0.365 e. The van der Waals surface area contributed by atoms with Crippen molar-refractivity contribution in [1.29, 1.82) is 5.26 Å². The Kier molecular flexibility index (Phi) is 5.42. The van der Waals surface area contributed by atoms with Gasteiger partial charge in [-0.15, -0.1) is 0 Å². The summed E-state index contributed by atoms with van der Waals surface area (Å²) in [6.45, 7) is 2.64. The molecule has 1 aromatic rings. The predicted octanol–water partition coefficient (Wildman–Crippen LogP) is 3.75. The number of rotatable bonds is 6. The smallest absolute Gasteiger partial charge is 0.166 e. The van der Waals surface area contributed by atoms with Gasteiger partial charge >= 0.3 is 0 Å². The van der Waals surface area contributed by atoms with Crippen LogP contribution < -0.4 is 0 Å². The van der Waals surface area contributed by atoms with Crippen LogP contribution in [0.1, 0.15) is 63.4 Å². The van der Waals surface area contributed by atoms with Gasteiger partial charge in [-0.25, -0.2) is 0 Å². The first-order valence-corrected chi connectivity index (χ1v) is 12.3. The van der Waals surface area contributed by atoms with E-state index in [-0.39, 0.29) is 16.5 Å². The zero-order valence-electron chi connectivity index (χ0n) is 19.3. The molecule has 0 radical (unpaired) electrons. The topological polar surface area (TPSA) is 53.7 Å². The summed E-state index contributed by atoms with van der Waals surface area (Å²) in [6, 6.07) is 13.6. The Balaban J connectivity index is 1.39. The molecular weight excluding hydrogens is 384 g/mol. The maximum absolute atomic E-state index is 11.4. The average Bonchev–Trinajstić information content (AvgIpc) is 3.55. The van der Waals surface area contributed by atoms with Crippen LogP contribution in [0.4, 0.5) is 0 Å². The largest absolute Gasteiger partial charge is 0.365 e. The molecule has 1 saturated heterocycles. The van der Waals surface area contributed by atoms with E-state index in [0.717, 1.165) is 70.5 Å². The van der Waals surface area contributed by atoms with E-state index in [1.807, 2.05) is 0 Å². The first kappa shape index (κ1) is 21.4. The Morgan fingerprint density at radius 2 is 1.74 bits per heavy atom. The molecule has 31 heavy (non-hydrogen) atoms. The number of nitriles is 1. The lowest BCUT2D eigenvalue weighted by atomic mass is 9.67. The van der Waals surface area contributed by atoms with Gasteiger partial charge in [0.2, 0.25) is 0 Å². The summed E-state index contributed by atoms with van der Waals surface area (Å²) in [4.78, 5) is 7.11. The molecule has 1 N–H and O–H groups in total. The Bertz CT molecular complexity index is 816. The van der Waals surface area contributed by atoms with Gasteiger partial charge in [-0.2, -0.15) is 5.26 Å². The predicted molar refractivity (Wildman–Crippen MR) is 122 cm³/mol. The van der Waals surface area contributed by atoms with Crippen LogP contribution in [0.3, 0.4) is 0 Å². The van der Waals surface area contributed by atoms with Gasteiger partial charge in [0.05, 0.1) is 11.5 Å². The van der Waals surface area contributed by atoms with E-state index in [9.17, 15) is 10.4 Å². The van der Waals surface area contributed by atoms with Crippen LogP contribution in [0.15, 0.2) is 30.3 Å². The second-order valence-electron chi connectivity index (χ2n) is 11.1. The number of aliphatic hydroxyl groups is 1. The standard InChI is InChI=1S/C26H38N4O/c1-28(2)26(22-7-4-3-5-8-22)15-13-25(14-16-26)20-29(19-24(18-27)11-6-12-24)23(31)30(25)17-21-9-10-21/h3-5,7-8,21,23,31H,6,9-17,19-20H2,1-2H3. The molecule has 1 atom stereocenters. The molecule has 1 aliphatic heterocycles. The molecule has 1 spiro atoms. The second-order valence-corrected chi connectivity index (χ2v) is 11.1. The SMILES string of the molecule is CN(C)C1(c2ccccc2)CCC2(CC1)CN(CC1(C#N)CCC1)C(O)N2CC1CC1. The third-order valence-corrected chi connectivity index (χ3v) is 9.09. The molecule has 5 nitrogen and oxygen atoms in total. The lowest BCUT2D eigenvalue weighted by molar-refractivity contribution is -0.102. The molecule has 1 heterocycles. The Morgan fingerprint density at radius 3 is 2.26 bits per heavy atom. The molecule has 4 aliphatic rings.